The number of nitrogens with one attached hydrogen (secondary N) is 1. The Labute approximate surface area is 207 Å². The number of benzene rings is 2. The Bertz CT molecular complexity index is 1520. The van der Waals surface area contributed by atoms with Gasteiger partial charge in [-0.1, -0.05) is 36.4 Å². The molecule has 0 aliphatic carbocycles. The molecule has 7 heteroatoms. The van der Waals surface area contributed by atoms with Gasteiger partial charge in [0.25, 0.3) is 5.91 Å². The predicted octanol–water partition coefficient (Wildman–Crippen LogP) is 5.85. The van der Waals surface area contributed by atoms with Gasteiger partial charge in [-0.15, -0.1) is 0 Å². The number of likely N-dealkylation sites (tertiary alicyclic amines) is 1. The summed E-state index contributed by atoms with van der Waals surface area (Å²) < 4.78 is 14.8. The molecule has 0 bridgehead atoms. The zero-order valence-corrected chi connectivity index (χ0v) is 19.6. The van der Waals surface area contributed by atoms with Crippen molar-refractivity contribution in [1.29, 1.82) is 0 Å². The molecule has 1 aliphatic rings. The summed E-state index contributed by atoms with van der Waals surface area (Å²) >= 11 is 0. The Morgan fingerprint density at radius 3 is 2.69 bits per heavy atom. The number of para-hydroxylation sites is 1. The fourth-order valence-electron chi connectivity index (χ4n) is 4.97. The van der Waals surface area contributed by atoms with Crippen LogP contribution in [0.3, 0.4) is 0 Å². The molecule has 5 aromatic rings. The highest BCUT2D eigenvalue weighted by Gasteiger charge is 2.30. The maximum atomic E-state index is 14.8. The van der Waals surface area contributed by atoms with Crippen LogP contribution in [0.25, 0.3) is 33.4 Å². The Balaban J connectivity index is 1.37. The van der Waals surface area contributed by atoms with Crippen LogP contribution in [0, 0.1) is 5.82 Å². The largest absolute Gasteiger partial charge is 0.351 e. The van der Waals surface area contributed by atoms with Crippen molar-refractivity contribution in [1.82, 2.24) is 24.8 Å². The molecular formula is C29H24FN5O. The van der Waals surface area contributed by atoms with Crippen LogP contribution >= 0.6 is 0 Å². The molecule has 6 rings (SSSR count). The summed E-state index contributed by atoms with van der Waals surface area (Å²) in [5.41, 5.74) is 4.18. The Morgan fingerprint density at radius 1 is 1.00 bits per heavy atom. The van der Waals surface area contributed by atoms with E-state index in [2.05, 4.69) is 15.0 Å². The van der Waals surface area contributed by atoms with E-state index in [0.29, 0.717) is 35.7 Å². The second-order valence-corrected chi connectivity index (χ2v) is 9.07. The lowest BCUT2D eigenvalue weighted by Crippen LogP contribution is -2.39. The number of nitrogens with zero attached hydrogens (tertiary/aromatic N) is 4. The fourth-order valence-corrected chi connectivity index (χ4v) is 4.97. The van der Waals surface area contributed by atoms with Crippen LogP contribution < -0.4 is 0 Å². The third-order valence-electron chi connectivity index (χ3n) is 6.76. The number of hydrogen-bond acceptors (Lipinski definition) is 4. The van der Waals surface area contributed by atoms with Crippen molar-refractivity contribution in [2.45, 2.75) is 18.8 Å². The molecule has 3 aromatic heterocycles. The summed E-state index contributed by atoms with van der Waals surface area (Å²) in [5.74, 6) is 0.125. The van der Waals surface area contributed by atoms with Crippen molar-refractivity contribution in [3.8, 4) is 22.5 Å². The molecule has 1 amide bonds. The summed E-state index contributed by atoms with van der Waals surface area (Å²) in [6.07, 6.45) is 6.80. The molecule has 1 aliphatic heterocycles. The van der Waals surface area contributed by atoms with E-state index in [0.717, 1.165) is 35.0 Å². The van der Waals surface area contributed by atoms with Crippen molar-refractivity contribution in [2.24, 2.45) is 0 Å². The van der Waals surface area contributed by atoms with Crippen LogP contribution in [0.1, 0.15) is 34.9 Å². The minimum Gasteiger partial charge on any atom is -0.351 e. The van der Waals surface area contributed by atoms with E-state index >= 15 is 0 Å². The van der Waals surface area contributed by atoms with E-state index in [9.17, 15) is 9.18 Å². The lowest BCUT2D eigenvalue weighted by atomic mass is 9.89. The van der Waals surface area contributed by atoms with E-state index < -0.39 is 0 Å². The number of carbonyl (C=O) groups excluding carboxylic acids is 1. The number of amides is 1. The van der Waals surface area contributed by atoms with Crippen LogP contribution in [-0.4, -0.2) is 43.8 Å². The molecule has 1 saturated heterocycles. The van der Waals surface area contributed by atoms with E-state index in [-0.39, 0.29) is 17.6 Å². The fraction of sp³-hybridized carbons (Fsp3) is 0.172. The lowest BCUT2D eigenvalue weighted by Gasteiger charge is -2.33. The number of rotatable bonds is 4. The first-order valence-corrected chi connectivity index (χ1v) is 12.1. The number of pyridine rings is 1. The van der Waals surface area contributed by atoms with Gasteiger partial charge in [0.2, 0.25) is 0 Å². The summed E-state index contributed by atoms with van der Waals surface area (Å²) in [6, 6.07) is 20.2. The minimum atomic E-state index is -0.321. The predicted molar refractivity (Wildman–Crippen MR) is 137 cm³/mol. The minimum absolute atomic E-state index is 0.0371. The number of aromatic amines is 1. The summed E-state index contributed by atoms with van der Waals surface area (Å²) in [5, 5.41) is 1.01. The van der Waals surface area contributed by atoms with Gasteiger partial charge >= 0.3 is 0 Å². The number of aromatic nitrogens is 4. The highest BCUT2D eigenvalue weighted by Crippen LogP contribution is 2.35. The lowest BCUT2D eigenvalue weighted by molar-refractivity contribution is 0.0701. The standard InChI is InChI=1S/C29H24FN5O/c30-24-11-3-2-10-22(24)23-17-32-28(20-8-5-13-31-16-20)34-27(23)21-9-6-14-35(18-21)29(36)26-15-19-7-1-4-12-25(19)33-26/h1-5,7-8,10-13,15-17,21,33H,6,9,14,18H2. The van der Waals surface area contributed by atoms with E-state index in [1.54, 1.807) is 30.7 Å². The Kier molecular flexibility index (Phi) is 5.73. The number of halogens is 1. The monoisotopic (exact) mass is 477 g/mol. The van der Waals surface area contributed by atoms with E-state index in [1.165, 1.54) is 6.07 Å². The van der Waals surface area contributed by atoms with Crippen LogP contribution in [0.2, 0.25) is 0 Å². The SMILES string of the molecule is O=C(c1cc2ccccc2[nH]1)N1CCCC(c2nc(-c3cccnc3)ncc2-c2ccccc2F)C1. The molecule has 1 atom stereocenters. The van der Waals surface area contributed by atoms with Gasteiger partial charge in [-0.05, 0) is 43.2 Å². The van der Waals surface area contributed by atoms with E-state index in [4.69, 9.17) is 4.98 Å². The molecule has 0 spiro atoms. The van der Waals surface area contributed by atoms with Crippen LogP contribution in [0.5, 0.6) is 0 Å². The number of hydrogen-bond donors (Lipinski definition) is 1. The van der Waals surface area contributed by atoms with E-state index in [1.807, 2.05) is 53.4 Å². The highest BCUT2D eigenvalue weighted by atomic mass is 19.1. The first-order valence-electron chi connectivity index (χ1n) is 12.1. The highest BCUT2D eigenvalue weighted by molar-refractivity contribution is 5.98. The molecule has 0 saturated carbocycles. The number of fused-ring (bicyclic) bond motifs is 1. The molecule has 36 heavy (non-hydrogen) atoms. The van der Waals surface area contributed by atoms with Gasteiger partial charge in [0.05, 0.1) is 5.69 Å². The van der Waals surface area contributed by atoms with Crippen molar-refractivity contribution in [3.05, 3.63) is 103 Å². The third kappa shape index (κ3) is 4.13. The number of piperidine rings is 1. The first-order chi connectivity index (χ1) is 17.7. The molecule has 178 valence electrons. The maximum Gasteiger partial charge on any atom is 0.270 e. The molecule has 4 heterocycles. The van der Waals surface area contributed by atoms with Crippen molar-refractivity contribution in [2.75, 3.05) is 13.1 Å². The normalized spacial score (nSPS) is 15.8. The number of carbonyl (C=O) groups is 1. The molecule has 1 fully saturated rings. The maximum absolute atomic E-state index is 14.8. The molecule has 1 N–H and O–H groups in total. The number of H-pyrrole nitrogens is 1. The van der Waals surface area contributed by atoms with Gasteiger partial charge in [-0.3, -0.25) is 9.78 Å². The van der Waals surface area contributed by atoms with Gasteiger partial charge in [-0.2, -0.15) is 0 Å². The topological polar surface area (TPSA) is 74.8 Å². The van der Waals surface area contributed by atoms with Gasteiger partial charge in [0.15, 0.2) is 5.82 Å². The Hall–Kier alpha value is -4.39. The molecule has 1 unspecified atom stereocenters. The van der Waals surface area contributed by atoms with Gasteiger partial charge in [-0.25, -0.2) is 14.4 Å². The molecule has 6 nitrogen and oxygen atoms in total. The van der Waals surface area contributed by atoms with Crippen LogP contribution in [-0.2, 0) is 0 Å². The van der Waals surface area contributed by atoms with Crippen molar-refractivity contribution >= 4 is 16.8 Å². The molecule has 0 radical (unpaired) electrons. The second kappa shape index (κ2) is 9.34. The molecule has 2 aromatic carbocycles. The average molecular weight is 478 g/mol. The average Bonchev–Trinajstić information content (AvgIpc) is 3.38. The van der Waals surface area contributed by atoms with Crippen LogP contribution in [0.15, 0.2) is 85.3 Å². The smallest absolute Gasteiger partial charge is 0.270 e. The van der Waals surface area contributed by atoms with Crippen LogP contribution in [0.4, 0.5) is 4.39 Å². The quantitative estimate of drug-likeness (QED) is 0.353. The van der Waals surface area contributed by atoms with Crippen molar-refractivity contribution in [3.63, 3.8) is 0 Å². The summed E-state index contributed by atoms with van der Waals surface area (Å²) in [4.78, 5) is 32.2. The summed E-state index contributed by atoms with van der Waals surface area (Å²) in [6.45, 7) is 1.17. The summed E-state index contributed by atoms with van der Waals surface area (Å²) in [7, 11) is 0. The molecular weight excluding hydrogens is 453 g/mol. The zero-order chi connectivity index (χ0) is 24.5. The van der Waals surface area contributed by atoms with Gasteiger partial charge in [0, 0.05) is 65.2 Å². The van der Waals surface area contributed by atoms with Gasteiger partial charge in [0.1, 0.15) is 11.5 Å². The third-order valence-corrected chi connectivity index (χ3v) is 6.76. The van der Waals surface area contributed by atoms with Crippen molar-refractivity contribution < 1.29 is 9.18 Å². The second-order valence-electron chi connectivity index (χ2n) is 9.07. The first kappa shape index (κ1) is 22.1. The Morgan fingerprint density at radius 2 is 1.86 bits per heavy atom. The van der Waals surface area contributed by atoms with Gasteiger partial charge < -0.3 is 9.88 Å². The zero-order valence-electron chi connectivity index (χ0n) is 19.6.